The molecule has 0 heterocycles. The largest absolute Gasteiger partial charge is 0.496 e. The smallest absolute Gasteiger partial charge is 0.204 e. The van der Waals surface area contributed by atoms with Gasteiger partial charge < -0.3 is 23.8 Å². The van der Waals surface area contributed by atoms with E-state index in [1.54, 1.807) is 36.4 Å². The van der Waals surface area contributed by atoms with Crippen LogP contribution < -0.4 is 23.8 Å². The highest BCUT2D eigenvalue weighted by Crippen LogP contribution is 2.36. The third-order valence-corrected chi connectivity index (χ3v) is 4.52. The summed E-state index contributed by atoms with van der Waals surface area (Å²) in [5.41, 5.74) is 1.85. The van der Waals surface area contributed by atoms with Gasteiger partial charge in [-0.2, -0.15) is 0 Å². The highest BCUT2D eigenvalue weighted by molar-refractivity contribution is 6.47. The van der Waals surface area contributed by atoms with E-state index in [0.29, 0.717) is 40.7 Å². The number of rotatable bonds is 9. The highest BCUT2D eigenvalue weighted by atomic mass is 35.5. The van der Waals surface area contributed by atoms with E-state index in [4.69, 9.17) is 30.5 Å². The van der Waals surface area contributed by atoms with E-state index in [9.17, 15) is 4.79 Å². The molecule has 0 amide bonds. The SMILES string of the molecule is CCOc1ccc(C(=O)/C(Cl)=C\c2cc(OC)c(OC)cc2OC)cc1N(C)C. The van der Waals surface area contributed by atoms with E-state index in [-0.39, 0.29) is 10.8 Å². The second kappa shape index (κ2) is 10.1. The van der Waals surface area contributed by atoms with Crippen molar-refractivity contribution in [2.45, 2.75) is 6.92 Å². The average Bonchev–Trinajstić information content (AvgIpc) is 2.73. The lowest BCUT2D eigenvalue weighted by Gasteiger charge is -2.18. The number of hydrogen-bond acceptors (Lipinski definition) is 6. The standard InChI is InChI=1S/C22H26ClNO5/c1-7-29-18-9-8-14(11-17(18)24(2)3)22(25)16(23)10-15-12-20(27-5)21(28-6)13-19(15)26-4/h8-13H,7H2,1-6H3/b16-10+. The number of hydrogen-bond donors (Lipinski definition) is 0. The van der Waals surface area contributed by atoms with Gasteiger partial charge in [0.05, 0.1) is 38.7 Å². The third-order valence-electron chi connectivity index (χ3n) is 4.24. The molecule has 0 radical (unpaired) electrons. The summed E-state index contributed by atoms with van der Waals surface area (Å²) >= 11 is 6.37. The first-order chi connectivity index (χ1) is 13.9. The topological polar surface area (TPSA) is 57.2 Å². The number of halogens is 1. The van der Waals surface area contributed by atoms with Crippen molar-refractivity contribution in [2.75, 3.05) is 46.9 Å². The summed E-state index contributed by atoms with van der Waals surface area (Å²) in [6.45, 7) is 2.45. The van der Waals surface area contributed by atoms with Gasteiger partial charge in [0.1, 0.15) is 11.5 Å². The molecule has 0 N–H and O–H groups in total. The summed E-state index contributed by atoms with van der Waals surface area (Å²) in [6.07, 6.45) is 1.55. The lowest BCUT2D eigenvalue weighted by Crippen LogP contribution is -2.12. The number of benzene rings is 2. The van der Waals surface area contributed by atoms with Crippen LogP contribution in [-0.4, -0.2) is 47.8 Å². The van der Waals surface area contributed by atoms with Crippen molar-refractivity contribution in [3.05, 3.63) is 46.5 Å². The number of allylic oxidation sites excluding steroid dienone is 1. The number of Topliss-reactive ketones (excluding diaryl/α,β-unsaturated/α-hetero) is 1. The van der Waals surface area contributed by atoms with Crippen LogP contribution in [0, 0.1) is 0 Å². The van der Waals surface area contributed by atoms with E-state index in [0.717, 1.165) is 5.69 Å². The van der Waals surface area contributed by atoms with Crippen LogP contribution in [0.25, 0.3) is 6.08 Å². The van der Waals surface area contributed by atoms with Gasteiger partial charge in [-0.15, -0.1) is 0 Å². The molecule has 0 saturated carbocycles. The zero-order valence-electron chi connectivity index (χ0n) is 17.5. The molecule has 0 aliphatic heterocycles. The lowest BCUT2D eigenvalue weighted by molar-refractivity contribution is 0.104. The molecule has 0 saturated heterocycles. The molecule has 0 aliphatic carbocycles. The predicted molar refractivity (Wildman–Crippen MR) is 116 cm³/mol. The average molecular weight is 420 g/mol. The molecule has 29 heavy (non-hydrogen) atoms. The summed E-state index contributed by atoms with van der Waals surface area (Å²) in [5.74, 6) is 1.93. The third kappa shape index (κ3) is 5.15. The van der Waals surface area contributed by atoms with Crippen LogP contribution in [0.3, 0.4) is 0 Å². The van der Waals surface area contributed by atoms with Gasteiger partial charge in [-0.1, -0.05) is 11.6 Å². The van der Waals surface area contributed by atoms with Crippen molar-refractivity contribution in [3.8, 4) is 23.0 Å². The molecule has 6 nitrogen and oxygen atoms in total. The number of ether oxygens (including phenoxy) is 4. The van der Waals surface area contributed by atoms with Crippen molar-refractivity contribution in [2.24, 2.45) is 0 Å². The Morgan fingerprint density at radius 2 is 1.59 bits per heavy atom. The molecule has 0 spiro atoms. The predicted octanol–water partition coefficient (Wildman–Crippen LogP) is 4.64. The number of methoxy groups -OCH3 is 3. The van der Waals surface area contributed by atoms with Gasteiger partial charge in [-0.3, -0.25) is 4.79 Å². The quantitative estimate of drug-likeness (QED) is 0.436. The Morgan fingerprint density at radius 1 is 0.966 bits per heavy atom. The van der Waals surface area contributed by atoms with Gasteiger partial charge in [0.25, 0.3) is 0 Å². The van der Waals surface area contributed by atoms with E-state index in [1.807, 2.05) is 25.9 Å². The van der Waals surface area contributed by atoms with Crippen LogP contribution in [0.2, 0.25) is 0 Å². The Bertz CT molecular complexity index is 908. The molecule has 0 bridgehead atoms. The Balaban J connectivity index is 2.44. The molecule has 0 aliphatic rings. The van der Waals surface area contributed by atoms with Crippen molar-refractivity contribution in [1.29, 1.82) is 0 Å². The molecule has 2 aromatic carbocycles. The Kier molecular flexibility index (Phi) is 7.79. The molecule has 0 unspecified atom stereocenters. The minimum absolute atomic E-state index is 0.0457. The van der Waals surface area contributed by atoms with Gasteiger partial charge in [0.2, 0.25) is 5.78 Å². The second-order valence-corrected chi connectivity index (χ2v) is 6.69. The van der Waals surface area contributed by atoms with Crippen LogP contribution in [0.5, 0.6) is 23.0 Å². The van der Waals surface area contributed by atoms with Gasteiger partial charge in [-0.25, -0.2) is 0 Å². The highest BCUT2D eigenvalue weighted by Gasteiger charge is 2.17. The molecular formula is C22H26ClNO5. The number of ketones is 1. The van der Waals surface area contributed by atoms with Crippen molar-refractivity contribution >= 4 is 29.1 Å². The van der Waals surface area contributed by atoms with E-state index >= 15 is 0 Å². The molecule has 2 rings (SSSR count). The number of anilines is 1. The molecule has 7 heteroatoms. The zero-order valence-corrected chi connectivity index (χ0v) is 18.3. The minimum Gasteiger partial charge on any atom is -0.496 e. The van der Waals surface area contributed by atoms with E-state index in [1.165, 1.54) is 21.3 Å². The van der Waals surface area contributed by atoms with Crippen molar-refractivity contribution in [1.82, 2.24) is 0 Å². The zero-order chi connectivity index (χ0) is 21.6. The summed E-state index contributed by atoms with van der Waals surface area (Å²) < 4.78 is 21.6. The fourth-order valence-corrected chi connectivity index (χ4v) is 3.02. The van der Waals surface area contributed by atoms with Crippen LogP contribution >= 0.6 is 11.6 Å². The molecule has 0 atom stereocenters. The monoisotopic (exact) mass is 419 g/mol. The maximum Gasteiger partial charge on any atom is 0.204 e. The van der Waals surface area contributed by atoms with Crippen molar-refractivity contribution < 1.29 is 23.7 Å². The van der Waals surface area contributed by atoms with Crippen LogP contribution in [0.4, 0.5) is 5.69 Å². The first-order valence-electron chi connectivity index (χ1n) is 9.02. The molecular weight excluding hydrogens is 394 g/mol. The Morgan fingerprint density at radius 3 is 2.14 bits per heavy atom. The summed E-state index contributed by atoms with van der Waals surface area (Å²) in [6, 6.07) is 8.61. The summed E-state index contributed by atoms with van der Waals surface area (Å²) in [5, 5.41) is 0.0457. The van der Waals surface area contributed by atoms with Gasteiger partial charge in [-0.05, 0) is 37.3 Å². The normalized spacial score (nSPS) is 11.1. The molecule has 156 valence electrons. The van der Waals surface area contributed by atoms with Gasteiger partial charge >= 0.3 is 0 Å². The van der Waals surface area contributed by atoms with E-state index < -0.39 is 0 Å². The van der Waals surface area contributed by atoms with Crippen LogP contribution in [0.15, 0.2) is 35.4 Å². The molecule has 0 fully saturated rings. The second-order valence-electron chi connectivity index (χ2n) is 6.28. The van der Waals surface area contributed by atoms with Crippen molar-refractivity contribution in [3.63, 3.8) is 0 Å². The fraction of sp³-hybridized carbons (Fsp3) is 0.318. The lowest BCUT2D eigenvalue weighted by atomic mass is 10.1. The van der Waals surface area contributed by atoms with Crippen LogP contribution in [0.1, 0.15) is 22.8 Å². The maximum atomic E-state index is 12.9. The molecule has 2 aromatic rings. The Labute approximate surface area is 176 Å². The van der Waals surface area contributed by atoms with Gasteiger partial charge in [0.15, 0.2) is 11.5 Å². The maximum absolute atomic E-state index is 12.9. The van der Waals surface area contributed by atoms with E-state index in [2.05, 4.69) is 0 Å². The first kappa shape index (κ1) is 22.4. The van der Waals surface area contributed by atoms with Crippen LogP contribution in [-0.2, 0) is 0 Å². The fourth-order valence-electron chi connectivity index (χ4n) is 2.79. The summed E-state index contributed by atoms with van der Waals surface area (Å²) in [4.78, 5) is 14.8. The molecule has 0 aromatic heterocycles. The number of nitrogens with zero attached hydrogens (tertiary/aromatic N) is 1. The first-order valence-corrected chi connectivity index (χ1v) is 9.40. The summed E-state index contributed by atoms with van der Waals surface area (Å²) in [7, 11) is 8.38. The van der Waals surface area contributed by atoms with Gasteiger partial charge in [0, 0.05) is 31.3 Å². The number of carbonyl (C=O) groups excluding carboxylic acids is 1. The number of carbonyl (C=O) groups is 1. The minimum atomic E-state index is -0.311. The Hall–Kier alpha value is -2.86.